The van der Waals surface area contributed by atoms with E-state index in [1.807, 2.05) is 41.2 Å². The summed E-state index contributed by atoms with van der Waals surface area (Å²) in [7, 11) is 1.78. The minimum absolute atomic E-state index is 0.189. The van der Waals surface area contributed by atoms with Gasteiger partial charge in [-0.15, -0.1) is 0 Å². The number of hydrogen-bond donors (Lipinski definition) is 0. The Kier molecular flexibility index (Phi) is 5.52. The van der Waals surface area contributed by atoms with E-state index in [1.54, 1.807) is 24.1 Å². The monoisotopic (exact) mass is 445 g/mol. The molecule has 0 spiro atoms. The van der Waals surface area contributed by atoms with Crippen molar-refractivity contribution in [3.8, 4) is 5.69 Å². The molecule has 5 nitrogen and oxygen atoms in total. The average molecular weight is 446 g/mol. The number of hydrogen-bond acceptors (Lipinski definition) is 3. The summed E-state index contributed by atoms with van der Waals surface area (Å²) in [6, 6.07) is 16.3. The van der Waals surface area contributed by atoms with E-state index in [0.717, 1.165) is 48.2 Å². The molecule has 6 heteroatoms. The predicted molar refractivity (Wildman–Crippen MR) is 125 cm³/mol. The van der Waals surface area contributed by atoms with Crippen LogP contribution >= 0.6 is 0 Å². The van der Waals surface area contributed by atoms with Crippen molar-refractivity contribution in [2.45, 2.75) is 45.3 Å². The van der Waals surface area contributed by atoms with Crippen LogP contribution in [0.2, 0.25) is 0 Å². The van der Waals surface area contributed by atoms with Gasteiger partial charge in [0.15, 0.2) is 0 Å². The quantitative estimate of drug-likeness (QED) is 0.512. The third kappa shape index (κ3) is 4.06. The third-order valence-corrected chi connectivity index (χ3v) is 7.00. The molecule has 0 aliphatic heterocycles. The topological polar surface area (TPSA) is 47.4 Å². The van der Waals surface area contributed by atoms with Crippen molar-refractivity contribution >= 4 is 12.2 Å². The Hall–Kier alpha value is -3.41. The third-order valence-electron chi connectivity index (χ3n) is 7.00. The van der Waals surface area contributed by atoms with Crippen LogP contribution in [0.1, 0.15) is 43.0 Å². The molecule has 2 aliphatic rings. The Balaban J connectivity index is 1.36. The van der Waals surface area contributed by atoms with Crippen LogP contribution in [0.25, 0.3) is 11.8 Å². The molecule has 2 atom stereocenters. The van der Waals surface area contributed by atoms with Gasteiger partial charge in [0.05, 0.1) is 17.6 Å². The van der Waals surface area contributed by atoms with Gasteiger partial charge in [0.1, 0.15) is 11.9 Å². The van der Waals surface area contributed by atoms with E-state index in [9.17, 15) is 9.18 Å². The van der Waals surface area contributed by atoms with E-state index in [2.05, 4.69) is 18.1 Å². The molecule has 0 radical (unpaired) electrons. The van der Waals surface area contributed by atoms with Gasteiger partial charge in [-0.25, -0.2) is 13.9 Å². The summed E-state index contributed by atoms with van der Waals surface area (Å²) in [6.07, 6.45) is 7.15. The van der Waals surface area contributed by atoms with Crippen LogP contribution in [0, 0.1) is 11.2 Å². The summed E-state index contributed by atoms with van der Waals surface area (Å²) < 4.78 is 21.3. The van der Waals surface area contributed by atoms with Crippen molar-refractivity contribution in [2.24, 2.45) is 5.41 Å². The molecule has 0 bridgehead atoms. The van der Waals surface area contributed by atoms with Gasteiger partial charge in [-0.05, 0) is 67.2 Å². The molecule has 2 aliphatic carbocycles. The number of ether oxygens (including phenoxy) is 1. The van der Waals surface area contributed by atoms with Gasteiger partial charge < -0.3 is 9.64 Å². The van der Waals surface area contributed by atoms with Crippen molar-refractivity contribution in [1.29, 1.82) is 0 Å². The molecular formula is C27H28FN3O2. The maximum absolute atomic E-state index is 13.4. The molecule has 2 aromatic carbocycles. The molecular weight excluding hydrogens is 417 g/mol. The molecule has 1 fully saturated rings. The molecule has 3 aromatic rings. The molecule has 2 unspecified atom stereocenters. The predicted octanol–water partition coefficient (Wildman–Crippen LogP) is 5.78. The number of benzene rings is 2. The standard InChI is InChI=1S/C27H28FN3O2/c1-27-16-20-17-29-31(23-13-11-22(28)12-14-23)24(20)15-21(27)9-6-10-25(27)33-26(32)30(2)18-19-7-4-3-5-8-19/h3-5,7-8,11-15,17,25H,6,9-10,16,18H2,1-2H3. The number of carbonyl (C=O) groups excluding carboxylic acids is 1. The Labute approximate surface area is 193 Å². The van der Waals surface area contributed by atoms with Crippen molar-refractivity contribution in [3.63, 3.8) is 0 Å². The van der Waals surface area contributed by atoms with Gasteiger partial charge in [0.2, 0.25) is 0 Å². The number of fused-ring (bicyclic) bond motifs is 2. The van der Waals surface area contributed by atoms with Crippen LogP contribution in [-0.4, -0.2) is 33.9 Å². The van der Waals surface area contributed by atoms with E-state index in [4.69, 9.17) is 4.74 Å². The molecule has 1 amide bonds. The molecule has 5 rings (SSSR count). The molecule has 0 saturated heterocycles. The normalized spacial score (nSPS) is 21.5. The Morgan fingerprint density at radius 1 is 1.21 bits per heavy atom. The lowest BCUT2D eigenvalue weighted by Crippen LogP contribution is -2.45. The van der Waals surface area contributed by atoms with Gasteiger partial charge in [0, 0.05) is 19.0 Å². The van der Waals surface area contributed by atoms with Crippen LogP contribution in [0.3, 0.4) is 0 Å². The lowest BCUT2D eigenvalue weighted by molar-refractivity contribution is -0.00366. The summed E-state index contributed by atoms with van der Waals surface area (Å²) >= 11 is 0. The second kappa shape index (κ2) is 8.50. The van der Waals surface area contributed by atoms with Crippen LogP contribution in [0.5, 0.6) is 0 Å². The Bertz CT molecular complexity index is 1190. The van der Waals surface area contributed by atoms with E-state index in [1.165, 1.54) is 17.7 Å². The van der Waals surface area contributed by atoms with Crippen LogP contribution in [0.15, 0.2) is 66.4 Å². The van der Waals surface area contributed by atoms with Gasteiger partial charge in [0.25, 0.3) is 0 Å². The molecule has 1 aromatic heterocycles. The highest BCUT2D eigenvalue weighted by Gasteiger charge is 2.45. The van der Waals surface area contributed by atoms with Crippen molar-refractivity contribution in [2.75, 3.05) is 7.05 Å². The largest absolute Gasteiger partial charge is 0.445 e. The van der Waals surface area contributed by atoms with Crippen LogP contribution < -0.4 is 0 Å². The number of rotatable bonds is 4. The van der Waals surface area contributed by atoms with E-state index in [0.29, 0.717) is 6.54 Å². The summed E-state index contributed by atoms with van der Waals surface area (Å²) in [6.45, 7) is 2.71. The first kappa shape index (κ1) is 21.4. The Morgan fingerprint density at radius 2 is 1.97 bits per heavy atom. The van der Waals surface area contributed by atoms with Crippen molar-refractivity contribution in [3.05, 3.63) is 89.0 Å². The highest BCUT2D eigenvalue weighted by molar-refractivity contribution is 5.68. The lowest BCUT2D eigenvalue weighted by Gasteiger charge is -2.45. The fraction of sp³-hybridized carbons (Fsp3) is 0.333. The minimum atomic E-state index is -0.292. The maximum Gasteiger partial charge on any atom is 0.410 e. The zero-order valence-corrected chi connectivity index (χ0v) is 19.0. The first-order valence-corrected chi connectivity index (χ1v) is 11.4. The van der Waals surface area contributed by atoms with Gasteiger partial charge in [-0.2, -0.15) is 5.10 Å². The zero-order chi connectivity index (χ0) is 23.0. The van der Waals surface area contributed by atoms with Crippen molar-refractivity contribution in [1.82, 2.24) is 14.7 Å². The summed E-state index contributed by atoms with van der Waals surface area (Å²) in [5.41, 5.74) is 5.08. The molecule has 1 heterocycles. The first-order valence-electron chi connectivity index (χ1n) is 11.4. The summed E-state index contributed by atoms with van der Waals surface area (Å²) in [4.78, 5) is 14.6. The number of halogens is 1. The van der Waals surface area contributed by atoms with Crippen LogP contribution in [-0.2, 0) is 17.7 Å². The second-order valence-corrected chi connectivity index (χ2v) is 9.31. The highest BCUT2D eigenvalue weighted by Crippen LogP contribution is 2.49. The van der Waals surface area contributed by atoms with E-state index < -0.39 is 0 Å². The lowest BCUT2D eigenvalue weighted by atomic mass is 9.64. The fourth-order valence-corrected chi connectivity index (χ4v) is 5.11. The maximum atomic E-state index is 13.4. The van der Waals surface area contributed by atoms with Gasteiger partial charge >= 0.3 is 6.09 Å². The van der Waals surface area contributed by atoms with Crippen molar-refractivity contribution < 1.29 is 13.9 Å². The first-order chi connectivity index (χ1) is 15.9. The van der Waals surface area contributed by atoms with Crippen LogP contribution in [0.4, 0.5) is 9.18 Å². The number of carbonyl (C=O) groups is 1. The fourth-order valence-electron chi connectivity index (χ4n) is 5.11. The molecule has 1 saturated carbocycles. The average Bonchev–Trinajstić information content (AvgIpc) is 3.21. The zero-order valence-electron chi connectivity index (χ0n) is 19.0. The number of aromatic nitrogens is 2. The SMILES string of the molecule is CN(Cc1ccccc1)C(=O)OC1CCCC2=Cc3c(cnn3-c3ccc(F)cc3)CC21C. The van der Waals surface area contributed by atoms with Gasteiger partial charge in [-0.1, -0.05) is 42.8 Å². The highest BCUT2D eigenvalue weighted by atomic mass is 19.1. The number of amides is 1. The summed E-state index contributed by atoms with van der Waals surface area (Å²) in [5.74, 6) is -0.264. The van der Waals surface area contributed by atoms with Gasteiger partial charge in [-0.3, -0.25) is 0 Å². The second-order valence-electron chi connectivity index (χ2n) is 9.31. The minimum Gasteiger partial charge on any atom is -0.445 e. The Morgan fingerprint density at radius 3 is 2.73 bits per heavy atom. The molecule has 0 N–H and O–H groups in total. The van der Waals surface area contributed by atoms with E-state index >= 15 is 0 Å². The number of nitrogens with zero attached hydrogens (tertiary/aromatic N) is 3. The smallest absolute Gasteiger partial charge is 0.410 e. The van der Waals surface area contributed by atoms with E-state index in [-0.39, 0.29) is 23.4 Å². The molecule has 170 valence electrons. The molecule has 33 heavy (non-hydrogen) atoms. The summed E-state index contributed by atoms with van der Waals surface area (Å²) in [5, 5.41) is 4.58.